The Morgan fingerprint density at radius 3 is 2.50 bits per heavy atom. The Morgan fingerprint density at radius 2 is 1.85 bits per heavy atom. The minimum Gasteiger partial charge on any atom is -0.313 e. The molecule has 0 unspecified atom stereocenters. The summed E-state index contributed by atoms with van der Waals surface area (Å²) in [6.45, 7) is 3.27. The fourth-order valence-corrected chi connectivity index (χ4v) is 2.19. The molecule has 20 heavy (non-hydrogen) atoms. The molecule has 3 rings (SSSR count). The molecule has 2 amide bonds. The van der Waals surface area contributed by atoms with Crippen LogP contribution < -0.4 is 10.5 Å². The van der Waals surface area contributed by atoms with Crippen molar-refractivity contribution < 1.29 is 14.1 Å². The first-order chi connectivity index (χ1) is 9.49. The lowest BCUT2D eigenvalue weighted by Gasteiger charge is -2.15. The molecule has 1 aromatic heterocycles. The van der Waals surface area contributed by atoms with E-state index >= 15 is 0 Å². The van der Waals surface area contributed by atoms with E-state index in [1.165, 1.54) is 12.1 Å². The highest BCUT2D eigenvalue weighted by Crippen LogP contribution is 2.26. The number of aromatic nitrogens is 1. The molecule has 1 aliphatic heterocycles. The average Bonchev–Trinajstić information content (AvgIpc) is 2.67. The van der Waals surface area contributed by atoms with Crippen LogP contribution >= 0.6 is 0 Å². The first kappa shape index (κ1) is 12.3. The SMILES string of the molecule is CC1=CC(=O)N(c2ccc3c(=O)onc(C)c3c2)C1=O. The van der Waals surface area contributed by atoms with Crippen molar-refractivity contribution >= 4 is 28.3 Å². The van der Waals surface area contributed by atoms with Crippen molar-refractivity contribution in [2.75, 3.05) is 4.90 Å². The van der Waals surface area contributed by atoms with Crippen LogP contribution in [0.5, 0.6) is 0 Å². The van der Waals surface area contributed by atoms with Crippen LogP contribution in [0.1, 0.15) is 12.6 Å². The molecule has 100 valence electrons. The maximum absolute atomic E-state index is 11.9. The van der Waals surface area contributed by atoms with Gasteiger partial charge in [0.25, 0.3) is 11.8 Å². The molecular weight excluding hydrogens is 260 g/mol. The van der Waals surface area contributed by atoms with Crippen LogP contribution in [-0.2, 0) is 9.59 Å². The fourth-order valence-electron chi connectivity index (χ4n) is 2.19. The molecule has 0 atom stereocenters. The molecule has 6 heteroatoms. The van der Waals surface area contributed by atoms with Gasteiger partial charge in [-0.2, -0.15) is 0 Å². The number of anilines is 1. The monoisotopic (exact) mass is 270 g/mol. The zero-order valence-corrected chi connectivity index (χ0v) is 10.8. The van der Waals surface area contributed by atoms with Gasteiger partial charge < -0.3 is 4.52 Å². The molecule has 0 radical (unpaired) electrons. The zero-order valence-electron chi connectivity index (χ0n) is 10.8. The average molecular weight is 270 g/mol. The van der Waals surface area contributed by atoms with Gasteiger partial charge in [-0.3, -0.25) is 9.59 Å². The van der Waals surface area contributed by atoms with Gasteiger partial charge in [-0.15, -0.1) is 0 Å². The molecule has 0 aliphatic carbocycles. The summed E-state index contributed by atoms with van der Waals surface area (Å²) in [6.07, 6.45) is 1.29. The highest BCUT2D eigenvalue weighted by Gasteiger charge is 2.30. The summed E-state index contributed by atoms with van der Waals surface area (Å²) in [7, 11) is 0. The van der Waals surface area contributed by atoms with Gasteiger partial charge >= 0.3 is 5.63 Å². The van der Waals surface area contributed by atoms with E-state index in [1.807, 2.05) is 0 Å². The summed E-state index contributed by atoms with van der Waals surface area (Å²) in [5.74, 6) is -0.747. The Morgan fingerprint density at radius 1 is 1.10 bits per heavy atom. The second-order valence-electron chi connectivity index (χ2n) is 4.59. The largest absolute Gasteiger partial charge is 0.366 e. The first-order valence-electron chi connectivity index (χ1n) is 5.96. The lowest BCUT2D eigenvalue weighted by atomic mass is 10.1. The molecule has 6 nitrogen and oxygen atoms in total. The van der Waals surface area contributed by atoms with Crippen molar-refractivity contribution in [1.29, 1.82) is 0 Å². The molecule has 2 aromatic rings. The lowest BCUT2D eigenvalue weighted by molar-refractivity contribution is -0.120. The van der Waals surface area contributed by atoms with Gasteiger partial charge in [-0.25, -0.2) is 9.69 Å². The van der Waals surface area contributed by atoms with Crippen LogP contribution in [0, 0.1) is 6.92 Å². The number of nitrogens with zero attached hydrogens (tertiary/aromatic N) is 2. The molecule has 2 heterocycles. The Labute approximate surface area is 113 Å². The minimum absolute atomic E-state index is 0.358. The van der Waals surface area contributed by atoms with Gasteiger partial charge in [-0.05, 0) is 32.0 Å². The van der Waals surface area contributed by atoms with E-state index in [-0.39, 0.29) is 11.8 Å². The van der Waals surface area contributed by atoms with Crippen molar-refractivity contribution in [3.63, 3.8) is 0 Å². The number of hydrogen-bond donors (Lipinski definition) is 0. The molecule has 0 saturated carbocycles. The highest BCUT2D eigenvalue weighted by atomic mass is 16.5. The summed E-state index contributed by atoms with van der Waals surface area (Å²) >= 11 is 0. The number of imide groups is 1. The van der Waals surface area contributed by atoms with E-state index in [1.54, 1.807) is 26.0 Å². The molecule has 0 N–H and O–H groups in total. The van der Waals surface area contributed by atoms with Crippen molar-refractivity contribution in [1.82, 2.24) is 5.16 Å². The maximum Gasteiger partial charge on any atom is 0.366 e. The lowest BCUT2D eigenvalue weighted by Crippen LogP contribution is -2.30. The Bertz CT molecular complexity index is 848. The van der Waals surface area contributed by atoms with E-state index in [2.05, 4.69) is 9.68 Å². The molecular formula is C14H10N2O4. The van der Waals surface area contributed by atoms with Gasteiger partial charge in [0.05, 0.1) is 16.8 Å². The number of amides is 2. The number of fused-ring (bicyclic) bond motifs is 1. The van der Waals surface area contributed by atoms with Gasteiger partial charge in [0, 0.05) is 17.0 Å². The van der Waals surface area contributed by atoms with Crippen LogP contribution in [0.2, 0.25) is 0 Å². The van der Waals surface area contributed by atoms with Gasteiger partial charge in [-0.1, -0.05) is 5.16 Å². The van der Waals surface area contributed by atoms with Crippen LogP contribution in [0.15, 0.2) is 39.2 Å². The third-order valence-corrected chi connectivity index (χ3v) is 3.24. The van der Waals surface area contributed by atoms with Gasteiger partial charge in [0.2, 0.25) is 0 Å². The number of rotatable bonds is 1. The molecule has 0 saturated heterocycles. The second-order valence-corrected chi connectivity index (χ2v) is 4.59. The standard InChI is InChI=1S/C14H10N2O4/c1-7-5-12(17)16(13(7)18)9-3-4-10-11(6-9)8(2)15-20-14(10)19/h3-6H,1-2H3. The van der Waals surface area contributed by atoms with Crippen LogP contribution in [0.3, 0.4) is 0 Å². The predicted octanol–water partition coefficient (Wildman–Crippen LogP) is 1.32. The van der Waals surface area contributed by atoms with Gasteiger partial charge in [0.15, 0.2) is 0 Å². The van der Waals surface area contributed by atoms with Crippen molar-refractivity contribution in [2.24, 2.45) is 0 Å². The first-order valence-corrected chi connectivity index (χ1v) is 5.96. The summed E-state index contributed by atoms with van der Waals surface area (Å²) in [5, 5.41) is 4.56. The van der Waals surface area contributed by atoms with E-state index in [9.17, 15) is 14.4 Å². The number of benzene rings is 1. The Balaban J connectivity index is 2.20. The van der Waals surface area contributed by atoms with Crippen LogP contribution in [0.25, 0.3) is 10.8 Å². The quantitative estimate of drug-likeness (QED) is 0.730. The summed E-state index contributed by atoms with van der Waals surface area (Å²) < 4.78 is 4.63. The van der Waals surface area contributed by atoms with Gasteiger partial charge in [0.1, 0.15) is 0 Å². The van der Waals surface area contributed by atoms with Crippen molar-refractivity contribution in [3.8, 4) is 0 Å². The normalized spacial score (nSPS) is 15.1. The third-order valence-electron chi connectivity index (χ3n) is 3.24. The molecule has 0 bridgehead atoms. The molecule has 1 aliphatic rings. The topological polar surface area (TPSA) is 80.5 Å². The fraction of sp³-hybridized carbons (Fsp3) is 0.143. The maximum atomic E-state index is 11.9. The number of aryl methyl sites for hydroxylation is 1. The predicted molar refractivity (Wildman–Crippen MR) is 71.3 cm³/mol. The van der Waals surface area contributed by atoms with Crippen molar-refractivity contribution in [2.45, 2.75) is 13.8 Å². The number of hydrogen-bond acceptors (Lipinski definition) is 5. The summed E-state index contributed by atoms with van der Waals surface area (Å²) in [4.78, 5) is 36.4. The van der Waals surface area contributed by atoms with Crippen molar-refractivity contribution in [3.05, 3.63) is 46.0 Å². The molecule has 0 fully saturated rings. The minimum atomic E-state index is -0.550. The van der Waals surface area contributed by atoms with Crippen LogP contribution in [-0.4, -0.2) is 17.0 Å². The summed E-state index contributed by atoms with van der Waals surface area (Å²) in [5.41, 5.74) is 0.768. The molecule has 1 aromatic carbocycles. The number of carbonyl (C=O) groups is 2. The van der Waals surface area contributed by atoms with E-state index in [4.69, 9.17) is 0 Å². The summed E-state index contributed by atoms with van der Waals surface area (Å²) in [6, 6.07) is 4.66. The highest BCUT2D eigenvalue weighted by molar-refractivity contribution is 6.30. The smallest absolute Gasteiger partial charge is 0.313 e. The number of carbonyl (C=O) groups excluding carboxylic acids is 2. The zero-order chi connectivity index (χ0) is 14.4. The Kier molecular flexibility index (Phi) is 2.53. The second kappa shape index (κ2) is 4.12. The van der Waals surface area contributed by atoms with E-state index < -0.39 is 5.63 Å². The van der Waals surface area contributed by atoms with Crippen LogP contribution in [0.4, 0.5) is 5.69 Å². The van der Waals surface area contributed by atoms with E-state index in [0.29, 0.717) is 27.7 Å². The Hall–Kier alpha value is -2.76. The third kappa shape index (κ3) is 1.65. The molecule has 0 spiro atoms. The van der Waals surface area contributed by atoms with E-state index in [0.717, 1.165) is 4.90 Å².